The highest BCUT2D eigenvalue weighted by molar-refractivity contribution is 5.93. The van der Waals surface area contributed by atoms with Crippen molar-refractivity contribution >= 4 is 17.4 Å². The van der Waals surface area contributed by atoms with E-state index in [1.165, 1.54) is 6.42 Å². The number of hydrogen-bond donors (Lipinski definition) is 2. The van der Waals surface area contributed by atoms with Crippen molar-refractivity contribution < 1.29 is 4.79 Å². The van der Waals surface area contributed by atoms with Crippen molar-refractivity contribution in [2.24, 2.45) is 0 Å². The number of carbonyl (C=O) groups excluding carboxylic acids is 1. The molecule has 1 saturated heterocycles. The van der Waals surface area contributed by atoms with Crippen molar-refractivity contribution in [2.75, 3.05) is 17.2 Å². The first-order chi connectivity index (χ1) is 8.19. The molecule has 0 radical (unpaired) electrons. The molecule has 2 fully saturated rings. The van der Waals surface area contributed by atoms with Gasteiger partial charge in [-0.2, -0.15) is 0 Å². The summed E-state index contributed by atoms with van der Waals surface area (Å²) in [5.74, 6) is 0. The predicted molar refractivity (Wildman–Crippen MR) is 67.9 cm³/mol. The molecule has 90 valence electrons. The van der Waals surface area contributed by atoms with E-state index in [1.54, 1.807) is 4.90 Å². The second-order valence-electron chi connectivity index (χ2n) is 5.06. The maximum atomic E-state index is 12.1. The number of benzene rings is 1. The number of nitrogen functional groups attached to an aromatic ring is 1. The van der Waals surface area contributed by atoms with Crippen molar-refractivity contribution in [1.29, 1.82) is 0 Å². The molecule has 0 aromatic heterocycles. The Morgan fingerprint density at radius 1 is 1.29 bits per heavy atom. The summed E-state index contributed by atoms with van der Waals surface area (Å²) in [5.41, 5.74) is 7.43. The number of anilines is 2. The van der Waals surface area contributed by atoms with Crippen molar-refractivity contribution in [3.8, 4) is 0 Å². The van der Waals surface area contributed by atoms with Crippen LogP contribution in [0.2, 0.25) is 0 Å². The van der Waals surface area contributed by atoms with Gasteiger partial charge in [0.15, 0.2) is 0 Å². The summed E-state index contributed by atoms with van der Waals surface area (Å²) in [5, 5.41) is 3.14. The molecule has 1 aliphatic heterocycles. The molecule has 4 heteroatoms. The van der Waals surface area contributed by atoms with Crippen LogP contribution < -0.4 is 16.0 Å². The number of nitrogens with two attached hydrogens (primary N) is 1. The van der Waals surface area contributed by atoms with Crippen LogP contribution in [-0.2, 0) is 0 Å². The van der Waals surface area contributed by atoms with Crippen molar-refractivity contribution in [3.63, 3.8) is 0 Å². The monoisotopic (exact) mass is 231 g/mol. The lowest BCUT2D eigenvalue weighted by Gasteiger charge is -2.48. The first kappa shape index (κ1) is 10.4. The fourth-order valence-electron chi connectivity index (χ4n) is 2.70. The second kappa shape index (κ2) is 3.65. The Kier molecular flexibility index (Phi) is 2.24. The normalized spacial score (nSPS) is 22.1. The lowest BCUT2D eigenvalue weighted by atomic mass is 9.73. The van der Waals surface area contributed by atoms with Crippen LogP contribution in [0.25, 0.3) is 0 Å². The number of carbonyl (C=O) groups is 1. The number of urea groups is 1. The minimum Gasteiger partial charge on any atom is -0.399 e. The summed E-state index contributed by atoms with van der Waals surface area (Å²) in [6, 6.07) is 7.50. The smallest absolute Gasteiger partial charge is 0.322 e. The third kappa shape index (κ3) is 1.73. The predicted octanol–water partition coefficient (Wildman–Crippen LogP) is 2.11. The summed E-state index contributed by atoms with van der Waals surface area (Å²) < 4.78 is 0. The van der Waals surface area contributed by atoms with E-state index < -0.39 is 0 Å². The molecule has 0 bridgehead atoms. The average molecular weight is 231 g/mol. The molecule has 1 spiro atoms. The molecule has 1 saturated carbocycles. The lowest BCUT2D eigenvalue weighted by molar-refractivity contribution is 0.157. The fourth-order valence-corrected chi connectivity index (χ4v) is 2.70. The van der Waals surface area contributed by atoms with E-state index in [2.05, 4.69) is 5.32 Å². The van der Waals surface area contributed by atoms with E-state index in [1.807, 2.05) is 24.3 Å². The highest BCUT2D eigenvalue weighted by atomic mass is 16.2. The Morgan fingerprint density at radius 3 is 2.71 bits per heavy atom. The number of rotatable bonds is 1. The molecule has 17 heavy (non-hydrogen) atoms. The fraction of sp³-hybridized carbons (Fsp3) is 0.462. The van der Waals surface area contributed by atoms with Crippen LogP contribution in [0.1, 0.15) is 25.7 Å². The third-order valence-electron chi connectivity index (χ3n) is 3.92. The van der Waals surface area contributed by atoms with Gasteiger partial charge in [0.25, 0.3) is 0 Å². The molecule has 2 amide bonds. The van der Waals surface area contributed by atoms with Crippen LogP contribution >= 0.6 is 0 Å². The summed E-state index contributed by atoms with van der Waals surface area (Å²) in [6.45, 7) is 0.787. The van der Waals surface area contributed by atoms with Gasteiger partial charge >= 0.3 is 6.03 Å². The lowest BCUT2D eigenvalue weighted by Crippen LogP contribution is -2.63. The van der Waals surface area contributed by atoms with Gasteiger partial charge in [-0.25, -0.2) is 4.79 Å². The first-order valence-electron chi connectivity index (χ1n) is 6.14. The van der Waals surface area contributed by atoms with Crippen molar-refractivity contribution in [2.45, 2.75) is 31.2 Å². The molecule has 1 aromatic rings. The maximum Gasteiger partial charge on any atom is 0.322 e. The molecule has 0 atom stereocenters. The van der Waals surface area contributed by atoms with Gasteiger partial charge < -0.3 is 11.1 Å². The van der Waals surface area contributed by atoms with Gasteiger partial charge in [-0.05, 0) is 43.9 Å². The standard InChI is InChI=1S/C13H17N3O/c14-10-3-1-4-11(9-10)16-8-7-13(5-2-6-13)15-12(16)17/h1,3-4,9H,2,5-8,14H2,(H,15,17). The van der Waals surface area contributed by atoms with Gasteiger partial charge in [0, 0.05) is 23.5 Å². The average Bonchev–Trinajstić information content (AvgIpc) is 2.26. The second-order valence-corrected chi connectivity index (χ2v) is 5.06. The van der Waals surface area contributed by atoms with Crippen LogP contribution in [0.3, 0.4) is 0 Å². The molecular weight excluding hydrogens is 214 g/mol. The molecular formula is C13H17N3O. The van der Waals surface area contributed by atoms with Gasteiger partial charge in [0.2, 0.25) is 0 Å². The summed E-state index contributed by atoms with van der Waals surface area (Å²) in [4.78, 5) is 13.9. The quantitative estimate of drug-likeness (QED) is 0.727. The third-order valence-corrected chi connectivity index (χ3v) is 3.92. The van der Waals surface area contributed by atoms with E-state index in [0.717, 1.165) is 31.5 Å². The minimum atomic E-state index is 0.0153. The van der Waals surface area contributed by atoms with Crippen molar-refractivity contribution in [1.82, 2.24) is 5.32 Å². The zero-order valence-electron chi connectivity index (χ0n) is 9.78. The Morgan fingerprint density at radius 2 is 2.12 bits per heavy atom. The van der Waals surface area contributed by atoms with Crippen LogP contribution in [-0.4, -0.2) is 18.1 Å². The SMILES string of the molecule is Nc1cccc(N2CCC3(CCC3)NC2=O)c1. The van der Waals surface area contributed by atoms with Gasteiger partial charge in [-0.15, -0.1) is 0 Å². The van der Waals surface area contributed by atoms with Crippen LogP contribution in [0, 0.1) is 0 Å². The topological polar surface area (TPSA) is 58.4 Å². The Hall–Kier alpha value is -1.71. The molecule has 2 aliphatic rings. The van der Waals surface area contributed by atoms with Crippen LogP contribution in [0.4, 0.5) is 16.2 Å². The number of nitrogens with one attached hydrogen (secondary N) is 1. The van der Waals surface area contributed by atoms with E-state index in [-0.39, 0.29) is 11.6 Å². The number of amides is 2. The van der Waals surface area contributed by atoms with Gasteiger partial charge in [0.1, 0.15) is 0 Å². The Balaban J connectivity index is 1.79. The number of nitrogens with zero attached hydrogens (tertiary/aromatic N) is 1. The zero-order valence-corrected chi connectivity index (χ0v) is 9.78. The van der Waals surface area contributed by atoms with Crippen LogP contribution in [0.15, 0.2) is 24.3 Å². The molecule has 1 heterocycles. The summed E-state index contributed by atoms with van der Waals surface area (Å²) in [7, 11) is 0. The van der Waals surface area contributed by atoms with Gasteiger partial charge in [-0.3, -0.25) is 4.90 Å². The maximum absolute atomic E-state index is 12.1. The van der Waals surface area contributed by atoms with Crippen molar-refractivity contribution in [3.05, 3.63) is 24.3 Å². The Labute approximate surface area is 101 Å². The Bertz CT molecular complexity index is 454. The van der Waals surface area contributed by atoms with E-state index >= 15 is 0 Å². The molecule has 3 rings (SSSR count). The van der Waals surface area contributed by atoms with E-state index in [4.69, 9.17) is 5.73 Å². The molecule has 1 aromatic carbocycles. The highest BCUT2D eigenvalue weighted by Gasteiger charge is 2.42. The van der Waals surface area contributed by atoms with Crippen LogP contribution in [0.5, 0.6) is 0 Å². The number of hydrogen-bond acceptors (Lipinski definition) is 2. The summed E-state index contributed by atoms with van der Waals surface area (Å²) >= 11 is 0. The highest BCUT2D eigenvalue weighted by Crippen LogP contribution is 2.38. The largest absolute Gasteiger partial charge is 0.399 e. The molecule has 1 aliphatic carbocycles. The van der Waals surface area contributed by atoms with E-state index in [0.29, 0.717) is 5.69 Å². The molecule has 3 N–H and O–H groups in total. The molecule has 4 nitrogen and oxygen atoms in total. The van der Waals surface area contributed by atoms with Gasteiger partial charge in [-0.1, -0.05) is 6.07 Å². The summed E-state index contributed by atoms with van der Waals surface area (Å²) in [6.07, 6.45) is 4.53. The van der Waals surface area contributed by atoms with E-state index in [9.17, 15) is 4.79 Å². The minimum absolute atomic E-state index is 0.0153. The van der Waals surface area contributed by atoms with Gasteiger partial charge in [0.05, 0.1) is 0 Å². The zero-order chi connectivity index (χ0) is 11.9. The first-order valence-corrected chi connectivity index (χ1v) is 6.14. The molecule has 0 unspecified atom stereocenters.